The van der Waals surface area contributed by atoms with Crippen LogP contribution in [-0.4, -0.2) is 42.5 Å². The molecule has 1 aliphatic carbocycles. The molecule has 0 aromatic carbocycles. The van der Waals surface area contributed by atoms with E-state index in [1.165, 1.54) is 6.42 Å². The molecule has 0 spiro atoms. The molecule has 1 saturated carbocycles. The lowest BCUT2D eigenvalue weighted by Crippen LogP contribution is -2.55. The summed E-state index contributed by atoms with van der Waals surface area (Å²) in [5.41, 5.74) is 6.15. The topological polar surface area (TPSA) is 58.4 Å². The average molecular weight is 225 g/mol. The first-order chi connectivity index (χ1) is 7.51. The van der Waals surface area contributed by atoms with Crippen LogP contribution in [0.25, 0.3) is 0 Å². The van der Waals surface area contributed by atoms with E-state index in [4.69, 9.17) is 5.73 Å². The smallest absolute Gasteiger partial charge is 0.236 e. The van der Waals surface area contributed by atoms with E-state index >= 15 is 0 Å². The summed E-state index contributed by atoms with van der Waals surface area (Å²) in [7, 11) is 0. The maximum absolute atomic E-state index is 11.9. The lowest BCUT2D eigenvalue weighted by atomic mass is 9.70. The first kappa shape index (κ1) is 11.9. The number of nitrogens with zero attached hydrogens (tertiary/aromatic N) is 1. The van der Waals surface area contributed by atoms with Crippen molar-refractivity contribution in [2.45, 2.75) is 32.2 Å². The van der Waals surface area contributed by atoms with Crippen molar-refractivity contribution in [2.24, 2.45) is 17.6 Å². The predicted octanol–water partition coefficient (Wildman–Crippen LogP) is 0.182. The molecule has 2 aliphatic rings. The number of nitrogens with two attached hydrogens (primary N) is 1. The van der Waals surface area contributed by atoms with E-state index in [-0.39, 0.29) is 11.4 Å². The van der Waals surface area contributed by atoms with Crippen LogP contribution in [0.5, 0.6) is 0 Å². The first-order valence-corrected chi connectivity index (χ1v) is 6.28. The molecular formula is C12H23N3O. The third-order valence-electron chi connectivity index (χ3n) is 3.88. The van der Waals surface area contributed by atoms with Crippen molar-refractivity contribution in [3.05, 3.63) is 0 Å². The fourth-order valence-corrected chi connectivity index (χ4v) is 2.66. The van der Waals surface area contributed by atoms with Gasteiger partial charge in [-0.05, 0) is 31.2 Å². The molecule has 92 valence electrons. The van der Waals surface area contributed by atoms with Crippen LogP contribution in [0.15, 0.2) is 0 Å². The van der Waals surface area contributed by atoms with Gasteiger partial charge in [-0.2, -0.15) is 0 Å². The van der Waals surface area contributed by atoms with Gasteiger partial charge in [0.25, 0.3) is 0 Å². The third kappa shape index (κ3) is 2.23. The number of likely N-dealkylation sites (tertiary alicyclic amines) is 1. The Morgan fingerprint density at radius 2 is 2.38 bits per heavy atom. The lowest BCUT2D eigenvalue weighted by molar-refractivity contribution is -0.129. The molecule has 2 rings (SSSR count). The molecule has 1 amide bonds. The summed E-state index contributed by atoms with van der Waals surface area (Å²) in [5.74, 6) is 1.35. The van der Waals surface area contributed by atoms with Crippen LogP contribution in [-0.2, 0) is 4.79 Å². The van der Waals surface area contributed by atoms with E-state index < -0.39 is 0 Å². The molecule has 3 N–H and O–H groups in total. The van der Waals surface area contributed by atoms with E-state index in [0.29, 0.717) is 18.4 Å². The molecule has 0 unspecified atom stereocenters. The molecule has 1 heterocycles. The van der Waals surface area contributed by atoms with E-state index in [2.05, 4.69) is 19.2 Å². The fourth-order valence-electron chi connectivity index (χ4n) is 2.66. The van der Waals surface area contributed by atoms with Gasteiger partial charge in [0.1, 0.15) is 0 Å². The number of rotatable bonds is 4. The number of carbonyl (C=O) groups is 1. The Hall–Kier alpha value is -0.610. The fraction of sp³-hybridized carbons (Fsp3) is 0.917. The second kappa shape index (κ2) is 4.34. The number of amides is 1. The van der Waals surface area contributed by atoms with Crippen LogP contribution in [0.3, 0.4) is 0 Å². The van der Waals surface area contributed by atoms with Gasteiger partial charge >= 0.3 is 0 Å². The zero-order valence-corrected chi connectivity index (χ0v) is 10.3. The van der Waals surface area contributed by atoms with Crippen molar-refractivity contribution in [3.63, 3.8) is 0 Å². The van der Waals surface area contributed by atoms with Crippen molar-refractivity contribution in [3.8, 4) is 0 Å². The maximum Gasteiger partial charge on any atom is 0.236 e. The van der Waals surface area contributed by atoms with Gasteiger partial charge in [-0.15, -0.1) is 0 Å². The highest BCUT2D eigenvalue weighted by Crippen LogP contribution is 2.42. The van der Waals surface area contributed by atoms with Gasteiger partial charge in [0.15, 0.2) is 0 Å². The summed E-state index contributed by atoms with van der Waals surface area (Å²) in [6, 6.07) is 0. The van der Waals surface area contributed by atoms with Crippen LogP contribution in [0, 0.1) is 11.8 Å². The predicted molar refractivity (Wildman–Crippen MR) is 63.9 cm³/mol. The molecule has 0 bridgehead atoms. The summed E-state index contributed by atoms with van der Waals surface area (Å²) in [6.07, 6.45) is 2.28. The molecule has 1 saturated heterocycles. The van der Waals surface area contributed by atoms with E-state index in [1.807, 2.05) is 4.90 Å². The quantitative estimate of drug-likeness (QED) is 0.717. The Morgan fingerprint density at radius 3 is 2.81 bits per heavy atom. The lowest BCUT2D eigenvalue weighted by Gasteiger charge is -2.39. The van der Waals surface area contributed by atoms with Gasteiger partial charge < -0.3 is 16.0 Å². The molecule has 2 atom stereocenters. The van der Waals surface area contributed by atoms with Crippen molar-refractivity contribution in [1.29, 1.82) is 0 Å². The van der Waals surface area contributed by atoms with Crippen molar-refractivity contribution >= 4 is 5.91 Å². The molecule has 4 nitrogen and oxygen atoms in total. The molecular weight excluding hydrogens is 202 g/mol. The highest BCUT2D eigenvalue weighted by Gasteiger charge is 2.51. The summed E-state index contributed by atoms with van der Waals surface area (Å²) in [4.78, 5) is 13.8. The SMILES string of the molecule is CC(C)CNCC(=O)N1C[C@@H]2CC[C@]2(N)C1. The number of nitrogens with one attached hydrogen (secondary N) is 1. The minimum absolute atomic E-state index is 0.0479. The molecule has 1 aliphatic heterocycles. The van der Waals surface area contributed by atoms with Crippen LogP contribution in [0.2, 0.25) is 0 Å². The minimum Gasteiger partial charge on any atom is -0.339 e. The standard InChI is InChI=1S/C12H23N3O/c1-9(2)5-14-6-11(16)15-7-10-3-4-12(10,13)8-15/h9-10,14H,3-8,13H2,1-2H3/t10-,12-/m0/s1. The molecule has 0 aromatic heterocycles. The van der Waals surface area contributed by atoms with E-state index in [1.54, 1.807) is 0 Å². The van der Waals surface area contributed by atoms with Crippen molar-refractivity contribution in [1.82, 2.24) is 10.2 Å². The Bertz CT molecular complexity index is 279. The normalized spacial score (nSPS) is 32.8. The molecule has 2 fully saturated rings. The minimum atomic E-state index is -0.0479. The highest BCUT2D eigenvalue weighted by atomic mass is 16.2. The van der Waals surface area contributed by atoms with Crippen LogP contribution >= 0.6 is 0 Å². The third-order valence-corrected chi connectivity index (χ3v) is 3.88. The zero-order chi connectivity index (χ0) is 11.8. The van der Waals surface area contributed by atoms with Gasteiger partial charge in [0, 0.05) is 18.6 Å². The monoisotopic (exact) mass is 225 g/mol. The van der Waals surface area contributed by atoms with Gasteiger partial charge in [-0.25, -0.2) is 0 Å². The molecule has 4 heteroatoms. The second-order valence-electron chi connectivity index (χ2n) is 5.77. The number of hydrogen-bond donors (Lipinski definition) is 2. The van der Waals surface area contributed by atoms with Crippen LogP contribution in [0.1, 0.15) is 26.7 Å². The maximum atomic E-state index is 11.9. The van der Waals surface area contributed by atoms with Gasteiger partial charge in [0.05, 0.1) is 6.54 Å². The summed E-state index contributed by atoms with van der Waals surface area (Å²) in [5, 5.41) is 3.19. The molecule has 0 radical (unpaired) electrons. The second-order valence-corrected chi connectivity index (χ2v) is 5.77. The summed E-state index contributed by atoms with van der Waals surface area (Å²) < 4.78 is 0. The van der Waals surface area contributed by atoms with E-state index in [0.717, 1.165) is 26.1 Å². The van der Waals surface area contributed by atoms with Gasteiger partial charge in [-0.1, -0.05) is 13.8 Å². The van der Waals surface area contributed by atoms with Crippen molar-refractivity contribution in [2.75, 3.05) is 26.2 Å². The number of fused-ring (bicyclic) bond motifs is 1. The Labute approximate surface area is 97.6 Å². The van der Waals surface area contributed by atoms with E-state index in [9.17, 15) is 4.79 Å². The molecule has 16 heavy (non-hydrogen) atoms. The highest BCUT2D eigenvalue weighted by molar-refractivity contribution is 5.78. The Morgan fingerprint density at radius 1 is 1.62 bits per heavy atom. The summed E-state index contributed by atoms with van der Waals surface area (Å²) in [6.45, 7) is 7.28. The number of hydrogen-bond acceptors (Lipinski definition) is 3. The van der Waals surface area contributed by atoms with Crippen molar-refractivity contribution < 1.29 is 4.79 Å². The Balaban J connectivity index is 1.74. The Kier molecular flexibility index (Phi) is 3.22. The summed E-state index contributed by atoms with van der Waals surface area (Å²) >= 11 is 0. The van der Waals surface area contributed by atoms with Gasteiger partial charge in [-0.3, -0.25) is 4.79 Å². The average Bonchev–Trinajstić information content (AvgIpc) is 2.42. The van der Waals surface area contributed by atoms with Crippen LogP contribution < -0.4 is 11.1 Å². The largest absolute Gasteiger partial charge is 0.339 e. The van der Waals surface area contributed by atoms with Crippen LogP contribution in [0.4, 0.5) is 0 Å². The first-order valence-electron chi connectivity index (χ1n) is 6.28. The zero-order valence-electron chi connectivity index (χ0n) is 10.3. The molecule has 0 aromatic rings. The van der Waals surface area contributed by atoms with Gasteiger partial charge in [0.2, 0.25) is 5.91 Å². The number of carbonyl (C=O) groups excluding carboxylic acids is 1.